The molecule has 0 amide bonds. The van der Waals surface area contributed by atoms with Crippen molar-refractivity contribution in [1.29, 1.82) is 0 Å². The standard InChI is InChI=1S/C13H8BrClO2S/c14-13-10(15)4-11(18-13)12(16)7-1-2-8-5-17-6-9(8)3-7/h1-4H,5-6H2. The second kappa shape index (κ2) is 4.78. The van der Waals surface area contributed by atoms with Gasteiger partial charge < -0.3 is 4.74 Å². The van der Waals surface area contributed by atoms with Crippen molar-refractivity contribution >= 4 is 44.7 Å². The molecule has 18 heavy (non-hydrogen) atoms. The van der Waals surface area contributed by atoms with Crippen molar-refractivity contribution in [1.82, 2.24) is 0 Å². The van der Waals surface area contributed by atoms with E-state index in [0.29, 0.717) is 28.7 Å². The van der Waals surface area contributed by atoms with E-state index in [1.807, 2.05) is 18.2 Å². The Morgan fingerprint density at radius 2 is 2.06 bits per heavy atom. The summed E-state index contributed by atoms with van der Waals surface area (Å²) in [4.78, 5) is 12.9. The number of hydrogen-bond acceptors (Lipinski definition) is 3. The molecule has 0 aliphatic carbocycles. The first-order chi connectivity index (χ1) is 8.65. The van der Waals surface area contributed by atoms with Gasteiger partial charge in [-0.15, -0.1) is 11.3 Å². The molecule has 0 saturated carbocycles. The Balaban J connectivity index is 1.97. The van der Waals surface area contributed by atoms with Crippen molar-refractivity contribution in [2.24, 2.45) is 0 Å². The van der Waals surface area contributed by atoms with Gasteiger partial charge in [0, 0.05) is 5.56 Å². The van der Waals surface area contributed by atoms with E-state index < -0.39 is 0 Å². The van der Waals surface area contributed by atoms with Crippen LogP contribution in [0.2, 0.25) is 5.02 Å². The highest BCUT2D eigenvalue weighted by Gasteiger charge is 2.17. The van der Waals surface area contributed by atoms with Gasteiger partial charge in [0.1, 0.15) is 0 Å². The van der Waals surface area contributed by atoms with Gasteiger partial charge in [-0.25, -0.2) is 0 Å². The first-order valence-corrected chi connectivity index (χ1v) is 7.33. The summed E-state index contributed by atoms with van der Waals surface area (Å²) in [7, 11) is 0. The Bertz CT molecular complexity index is 616. The fraction of sp³-hybridized carbons (Fsp3) is 0.154. The molecule has 1 aliphatic heterocycles. The predicted octanol–water partition coefficient (Wildman–Crippen LogP) is 4.43. The van der Waals surface area contributed by atoms with E-state index >= 15 is 0 Å². The first-order valence-electron chi connectivity index (χ1n) is 5.34. The number of rotatable bonds is 2. The van der Waals surface area contributed by atoms with Gasteiger partial charge in [0.2, 0.25) is 5.78 Å². The molecule has 2 aromatic rings. The third-order valence-corrected chi connectivity index (χ3v) is 5.33. The zero-order valence-electron chi connectivity index (χ0n) is 9.20. The molecule has 1 aliphatic rings. The zero-order chi connectivity index (χ0) is 12.7. The largest absolute Gasteiger partial charge is 0.372 e. The second-order valence-corrected chi connectivity index (χ2v) is 6.82. The van der Waals surface area contributed by atoms with Crippen molar-refractivity contribution in [2.75, 3.05) is 0 Å². The van der Waals surface area contributed by atoms with Crippen molar-refractivity contribution in [2.45, 2.75) is 13.2 Å². The van der Waals surface area contributed by atoms with Crippen molar-refractivity contribution < 1.29 is 9.53 Å². The summed E-state index contributed by atoms with van der Waals surface area (Å²) < 4.78 is 6.13. The maximum atomic E-state index is 12.3. The summed E-state index contributed by atoms with van der Waals surface area (Å²) in [6.07, 6.45) is 0. The Hall–Kier alpha value is -0.680. The van der Waals surface area contributed by atoms with E-state index in [4.69, 9.17) is 16.3 Å². The molecule has 0 fully saturated rings. The number of ketones is 1. The van der Waals surface area contributed by atoms with Crippen LogP contribution in [0.1, 0.15) is 26.4 Å². The highest BCUT2D eigenvalue weighted by Crippen LogP contribution is 2.33. The lowest BCUT2D eigenvalue weighted by molar-refractivity contribution is 0.104. The number of carbonyl (C=O) groups excluding carboxylic acids is 1. The van der Waals surface area contributed by atoms with E-state index in [1.165, 1.54) is 11.3 Å². The monoisotopic (exact) mass is 342 g/mol. The Labute approximate surface area is 122 Å². The van der Waals surface area contributed by atoms with Gasteiger partial charge in [0.05, 0.1) is 26.9 Å². The second-order valence-electron chi connectivity index (χ2n) is 4.04. The molecule has 0 N–H and O–H groups in total. The lowest BCUT2D eigenvalue weighted by Gasteiger charge is -2.01. The molecule has 0 atom stereocenters. The third kappa shape index (κ3) is 2.14. The van der Waals surface area contributed by atoms with E-state index in [0.717, 1.165) is 14.9 Å². The van der Waals surface area contributed by atoms with Crippen LogP contribution in [0.25, 0.3) is 0 Å². The molecule has 0 radical (unpaired) electrons. The predicted molar refractivity (Wildman–Crippen MR) is 75.4 cm³/mol. The minimum atomic E-state index is 0.00213. The van der Waals surface area contributed by atoms with Gasteiger partial charge in [-0.3, -0.25) is 4.79 Å². The molecular formula is C13H8BrClO2S. The number of hydrogen-bond donors (Lipinski definition) is 0. The fourth-order valence-electron chi connectivity index (χ4n) is 1.91. The molecule has 0 bridgehead atoms. The van der Waals surface area contributed by atoms with Crippen LogP contribution < -0.4 is 0 Å². The van der Waals surface area contributed by atoms with Crippen LogP contribution in [0.15, 0.2) is 28.1 Å². The minimum absolute atomic E-state index is 0.00213. The van der Waals surface area contributed by atoms with Crippen LogP contribution in [0.4, 0.5) is 0 Å². The van der Waals surface area contributed by atoms with Gasteiger partial charge in [-0.1, -0.05) is 23.7 Å². The molecule has 3 rings (SSSR count). The van der Waals surface area contributed by atoms with Crippen molar-refractivity contribution in [3.8, 4) is 0 Å². The zero-order valence-corrected chi connectivity index (χ0v) is 12.4. The number of halogens is 2. The smallest absolute Gasteiger partial charge is 0.203 e. The first kappa shape index (κ1) is 12.4. The highest BCUT2D eigenvalue weighted by molar-refractivity contribution is 9.11. The molecule has 0 unspecified atom stereocenters. The van der Waals surface area contributed by atoms with Crippen molar-refractivity contribution in [3.05, 3.63) is 54.6 Å². The molecule has 92 valence electrons. The maximum Gasteiger partial charge on any atom is 0.203 e. The number of benzene rings is 1. The van der Waals surface area contributed by atoms with Crippen LogP contribution in [0, 0.1) is 0 Å². The number of thiophene rings is 1. The highest BCUT2D eigenvalue weighted by atomic mass is 79.9. The quantitative estimate of drug-likeness (QED) is 0.754. The number of carbonyl (C=O) groups is 1. The SMILES string of the molecule is O=C(c1ccc2c(c1)COC2)c1cc(Cl)c(Br)s1. The summed E-state index contributed by atoms with van der Waals surface area (Å²) in [6.45, 7) is 1.23. The minimum Gasteiger partial charge on any atom is -0.372 e. The summed E-state index contributed by atoms with van der Waals surface area (Å²) in [6, 6.07) is 7.41. The Morgan fingerprint density at radius 1 is 1.28 bits per heavy atom. The van der Waals surface area contributed by atoms with E-state index in [2.05, 4.69) is 15.9 Å². The van der Waals surface area contributed by atoms with Crippen molar-refractivity contribution in [3.63, 3.8) is 0 Å². The van der Waals surface area contributed by atoms with Crippen LogP contribution in [0.3, 0.4) is 0 Å². The average Bonchev–Trinajstić information content (AvgIpc) is 2.95. The Morgan fingerprint density at radius 3 is 2.78 bits per heavy atom. The van der Waals surface area contributed by atoms with Crippen LogP contribution in [-0.4, -0.2) is 5.78 Å². The fourth-order valence-corrected chi connectivity index (χ4v) is 3.58. The van der Waals surface area contributed by atoms with E-state index in [-0.39, 0.29) is 5.78 Å². The summed E-state index contributed by atoms with van der Waals surface area (Å²) in [5.74, 6) is 0.00213. The van der Waals surface area contributed by atoms with Gasteiger partial charge in [-0.05, 0) is 39.2 Å². The maximum absolute atomic E-state index is 12.3. The molecule has 1 aromatic heterocycles. The molecule has 2 nitrogen and oxygen atoms in total. The van der Waals surface area contributed by atoms with Crippen LogP contribution in [-0.2, 0) is 18.0 Å². The molecule has 5 heteroatoms. The van der Waals surface area contributed by atoms with Gasteiger partial charge in [0.25, 0.3) is 0 Å². The topological polar surface area (TPSA) is 26.3 Å². The average molecular weight is 344 g/mol. The normalized spacial score (nSPS) is 13.7. The van der Waals surface area contributed by atoms with E-state index in [9.17, 15) is 4.79 Å². The summed E-state index contributed by atoms with van der Waals surface area (Å²) >= 11 is 10.6. The lowest BCUT2D eigenvalue weighted by atomic mass is 10.0. The lowest BCUT2D eigenvalue weighted by Crippen LogP contribution is -1.99. The molecule has 0 spiro atoms. The molecule has 0 saturated heterocycles. The molecule has 1 aromatic carbocycles. The summed E-state index contributed by atoms with van der Waals surface area (Å²) in [5, 5.41) is 0.577. The number of ether oxygens (including phenoxy) is 1. The third-order valence-electron chi connectivity index (χ3n) is 2.85. The van der Waals surface area contributed by atoms with Crippen LogP contribution in [0.5, 0.6) is 0 Å². The van der Waals surface area contributed by atoms with Crippen LogP contribution >= 0.6 is 38.9 Å². The van der Waals surface area contributed by atoms with Gasteiger partial charge in [0.15, 0.2) is 0 Å². The van der Waals surface area contributed by atoms with Gasteiger partial charge >= 0.3 is 0 Å². The molecule has 2 heterocycles. The number of fused-ring (bicyclic) bond motifs is 1. The Kier molecular flexibility index (Phi) is 3.28. The van der Waals surface area contributed by atoms with E-state index in [1.54, 1.807) is 6.07 Å². The summed E-state index contributed by atoms with van der Waals surface area (Å²) in [5.41, 5.74) is 2.95. The van der Waals surface area contributed by atoms with Gasteiger partial charge in [-0.2, -0.15) is 0 Å². The molecular weight excluding hydrogens is 336 g/mol.